The van der Waals surface area contributed by atoms with Crippen LogP contribution in [-0.4, -0.2) is 36.4 Å². The van der Waals surface area contributed by atoms with Gasteiger partial charge in [-0.2, -0.15) is 0 Å². The Morgan fingerprint density at radius 2 is 2.21 bits per heavy atom. The van der Waals surface area contributed by atoms with E-state index in [9.17, 15) is 0 Å². The number of nitrogens with zero attached hydrogens (tertiary/aromatic N) is 2. The van der Waals surface area contributed by atoms with Crippen LogP contribution in [0.4, 0.5) is 0 Å². The van der Waals surface area contributed by atoms with Crippen molar-refractivity contribution in [1.29, 1.82) is 0 Å². The summed E-state index contributed by atoms with van der Waals surface area (Å²) in [6.07, 6.45) is 9.56. The molecule has 0 radical (unpaired) electrons. The largest absolute Gasteiger partial charge is 0.378 e. The Balaban J connectivity index is 1.66. The van der Waals surface area contributed by atoms with E-state index in [2.05, 4.69) is 34.6 Å². The quantitative estimate of drug-likeness (QED) is 0.618. The number of ether oxygens (including phenoxy) is 1. The van der Waals surface area contributed by atoms with Crippen molar-refractivity contribution in [3.05, 3.63) is 18.0 Å². The minimum Gasteiger partial charge on any atom is -0.378 e. The molecule has 6 heteroatoms. The van der Waals surface area contributed by atoms with Gasteiger partial charge in [0.15, 0.2) is 5.96 Å². The van der Waals surface area contributed by atoms with Crippen molar-refractivity contribution in [3.8, 4) is 0 Å². The lowest BCUT2D eigenvalue weighted by molar-refractivity contribution is -0.145. The topological polar surface area (TPSA) is 71.7 Å². The maximum Gasteiger partial charge on any atom is 0.191 e. The van der Waals surface area contributed by atoms with E-state index in [1.807, 2.05) is 6.07 Å². The highest BCUT2D eigenvalue weighted by Gasteiger charge is 2.55. The van der Waals surface area contributed by atoms with Gasteiger partial charge < -0.3 is 19.9 Å². The van der Waals surface area contributed by atoms with Crippen molar-refractivity contribution < 1.29 is 9.26 Å². The molecule has 1 heterocycles. The highest BCUT2D eigenvalue weighted by atomic mass is 16.5. The Morgan fingerprint density at radius 1 is 1.38 bits per heavy atom. The second-order valence-electron chi connectivity index (χ2n) is 6.86. The summed E-state index contributed by atoms with van der Waals surface area (Å²) in [4.78, 5) is 4.66. The lowest BCUT2D eigenvalue weighted by atomic mass is 9.55. The third kappa shape index (κ3) is 3.58. The van der Waals surface area contributed by atoms with Gasteiger partial charge in [-0.3, -0.25) is 0 Å². The first-order valence-electron chi connectivity index (χ1n) is 9.34. The number of aromatic nitrogens is 1. The van der Waals surface area contributed by atoms with E-state index in [4.69, 9.17) is 9.26 Å². The van der Waals surface area contributed by atoms with Gasteiger partial charge in [0, 0.05) is 30.7 Å². The zero-order chi connectivity index (χ0) is 16.8. The first-order valence-corrected chi connectivity index (χ1v) is 9.34. The molecule has 0 aromatic carbocycles. The van der Waals surface area contributed by atoms with Gasteiger partial charge in [0.2, 0.25) is 0 Å². The highest BCUT2D eigenvalue weighted by Crippen LogP contribution is 2.53. The summed E-state index contributed by atoms with van der Waals surface area (Å²) in [5, 5.41) is 10.9. The van der Waals surface area contributed by atoms with Crippen molar-refractivity contribution in [2.45, 2.75) is 71.1 Å². The minimum atomic E-state index is 0.290. The SMILES string of the molecule is CCNC(=NCc1ccon1)NC1CC(OCC)C12CCCCC2. The standard InChI is InChI=1S/C18H30N4O2/c1-3-19-17(20-13-14-8-11-24-22-14)21-15-12-16(23-4-2)18(15)9-6-5-7-10-18/h8,11,15-16H,3-7,9-10,12-13H2,1-2H3,(H2,19,20,21). The summed E-state index contributed by atoms with van der Waals surface area (Å²) >= 11 is 0. The smallest absolute Gasteiger partial charge is 0.191 e. The normalized spacial score (nSPS) is 26.2. The molecule has 0 amide bonds. The van der Waals surface area contributed by atoms with Crippen molar-refractivity contribution in [3.63, 3.8) is 0 Å². The summed E-state index contributed by atoms with van der Waals surface area (Å²) in [6, 6.07) is 2.30. The van der Waals surface area contributed by atoms with Gasteiger partial charge >= 0.3 is 0 Å². The fraction of sp³-hybridized carbons (Fsp3) is 0.778. The van der Waals surface area contributed by atoms with Crippen LogP contribution in [0.2, 0.25) is 0 Å². The maximum absolute atomic E-state index is 6.04. The van der Waals surface area contributed by atoms with Crippen molar-refractivity contribution in [1.82, 2.24) is 15.8 Å². The average Bonchev–Trinajstić information content (AvgIpc) is 3.13. The van der Waals surface area contributed by atoms with Crippen molar-refractivity contribution >= 4 is 5.96 Å². The van der Waals surface area contributed by atoms with Crippen LogP contribution in [0, 0.1) is 5.41 Å². The molecule has 1 aromatic heterocycles. The Labute approximate surface area is 144 Å². The molecule has 24 heavy (non-hydrogen) atoms. The number of aliphatic imine (C=N–C) groups is 1. The number of hydrogen-bond donors (Lipinski definition) is 2. The van der Waals surface area contributed by atoms with E-state index < -0.39 is 0 Å². The lowest BCUT2D eigenvalue weighted by Crippen LogP contribution is -2.66. The molecule has 2 fully saturated rings. The summed E-state index contributed by atoms with van der Waals surface area (Å²) in [6.45, 7) is 6.37. The number of hydrogen-bond acceptors (Lipinski definition) is 4. The van der Waals surface area contributed by atoms with Crippen molar-refractivity contribution in [2.24, 2.45) is 10.4 Å². The predicted molar refractivity (Wildman–Crippen MR) is 93.8 cm³/mol. The Kier molecular flexibility index (Phi) is 5.76. The Morgan fingerprint density at radius 3 is 2.88 bits per heavy atom. The van der Waals surface area contributed by atoms with E-state index in [1.54, 1.807) is 6.26 Å². The molecule has 6 nitrogen and oxygen atoms in total. The molecular weight excluding hydrogens is 304 g/mol. The summed E-state index contributed by atoms with van der Waals surface area (Å²) in [5.41, 5.74) is 1.14. The molecule has 0 bridgehead atoms. The van der Waals surface area contributed by atoms with E-state index in [0.717, 1.165) is 31.2 Å². The molecule has 1 spiro atoms. The average molecular weight is 334 g/mol. The highest BCUT2D eigenvalue weighted by molar-refractivity contribution is 5.80. The van der Waals surface area contributed by atoms with Gasteiger partial charge in [-0.15, -0.1) is 0 Å². The third-order valence-electron chi connectivity index (χ3n) is 5.48. The van der Waals surface area contributed by atoms with Crippen LogP contribution in [-0.2, 0) is 11.3 Å². The zero-order valence-corrected chi connectivity index (χ0v) is 14.9. The van der Waals surface area contributed by atoms with Crippen LogP contribution < -0.4 is 10.6 Å². The second-order valence-corrected chi connectivity index (χ2v) is 6.86. The summed E-state index contributed by atoms with van der Waals surface area (Å²) in [5.74, 6) is 0.866. The molecule has 1 aromatic rings. The fourth-order valence-electron chi connectivity index (χ4n) is 4.23. The molecule has 0 aliphatic heterocycles. The van der Waals surface area contributed by atoms with Gasteiger partial charge in [-0.1, -0.05) is 24.4 Å². The van der Waals surface area contributed by atoms with E-state index in [0.29, 0.717) is 24.1 Å². The third-order valence-corrected chi connectivity index (χ3v) is 5.48. The molecule has 2 saturated carbocycles. The van der Waals surface area contributed by atoms with Gasteiger partial charge in [0.1, 0.15) is 12.0 Å². The van der Waals surface area contributed by atoms with Crippen LogP contribution >= 0.6 is 0 Å². The molecule has 2 aliphatic rings. The van der Waals surface area contributed by atoms with Gasteiger partial charge in [0.25, 0.3) is 0 Å². The molecule has 2 unspecified atom stereocenters. The fourth-order valence-corrected chi connectivity index (χ4v) is 4.23. The van der Waals surface area contributed by atoms with Gasteiger partial charge in [-0.25, -0.2) is 4.99 Å². The first kappa shape index (κ1) is 17.3. The molecule has 2 atom stereocenters. The van der Waals surface area contributed by atoms with Crippen LogP contribution in [0.1, 0.15) is 58.1 Å². The van der Waals surface area contributed by atoms with Gasteiger partial charge in [-0.05, 0) is 33.1 Å². The summed E-state index contributed by atoms with van der Waals surface area (Å²) in [7, 11) is 0. The Bertz CT molecular complexity index is 523. The lowest BCUT2D eigenvalue weighted by Gasteiger charge is -2.57. The molecule has 0 saturated heterocycles. The number of guanidine groups is 1. The minimum absolute atomic E-state index is 0.290. The van der Waals surface area contributed by atoms with Crippen LogP contribution in [0.3, 0.4) is 0 Å². The maximum atomic E-state index is 6.04. The second kappa shape index (κ2) is 8.01. The zero-order valence-electron chi connectivity index (χ0n) is 14.9. The molecule has 2 aliphatic carbocycles. The predicted octanol–water partition coefficient (Wildman–Crippen LogP) is 2.86. The van der Waals surface area contributed by atoms with E-state index >= 15 is 0 Å². The molecule has 2 N–H and O–H groups in total. The van der Waals surface area contributed by atoms with E-state index in [1.165, 1.54) is 32.1 Å². The number of rotatable bonds is 6. The summed E-state index contributed by atoms with van der Waals surface area (Å²) < 4.78 is 10.9. The Hall–Kier alpha value is -1.56. The van der Waals surface area contributed by atoms with Crippen molar-refractivity contribution in [2.75, 3.05) is 13.2 Å². The van der Waals surface area contributed by atoms with E-state index in [-0.39, 0.29) is 0 Å². The first-order chi connectivity index (χ1) is 11.8. The van der Waals surface area contributed by atoms with Crippen LogP contribution in [0.5, 0.6) is 0 Å². The van der Waals surface area contributed by atoms with Crippen LogP contribution in [0.15, 0.2) is 21.8 Å². The molecular formula is C18H30N4O2. The number of nitrogens with one attached hydrogen (secondary N) is 2. The van der Waals surface area contributed by atoms with Crippen LogP contribution in [0.25, 0.3) is 0 Å². The monoisotopic (exact) mass is 334 g/mol. The molecule has 134 valence electrons. The molecule has 3 rings (SSSR count). The van der Waals surface area contributed by atoms with Gasteiger partial charge in [0.05, 0.1) is 12.6 Å².